The number of halogens is 7. The van der Waals surface area contributed by atoms with Crippen LogP contribution in [0, 0.1) is 12.7 Å². The van der Waals surface area contributed by atoms with E-state index in [1.54, 1.807) is 48.6 Å². The first-order valence-corrected chi connectivity index (χ1v) is 17.6. The molecule has 4 aromatic carbocycles. The fourth-order valence-electron chi connectivity index (χ4n) is 7.09. The van der Waals surface area contributed by atoms with Crippen molar-refractivity contribution >= 4 is 17.6 Å². The highest BCUT2D eigenvalue weighted by atomic mass is 19.4. The number of urea groups is 1. The summed E-state index contributed by atoms with van der Waals surface area (Å²) in [6.07, 6.45) is -8.81. The van der Waals surface area contributed by atoms with Gasteiger partial charge in [0.1, 0.15) is 5.82 Å². The summed E-state index contributed by atoms with van der Waals surface area (Å²) in [6.45, 7) is 8.73. The molecule has 6 rings (SSSR count). The molecule has 0 spiro atoms. The van der Waals surface area contributed by atoms with Gasteiger partial charge in [0.05, 0.1) is 33.7 Å². The maximum absolute atomic E-state index is 16.5. The van der Waals surface area contributed by atoms with Crippen LogP contribution >= 0.6 is 0 Å². The highest BCUT2D eigenvalue weighted by molar-refractivity contribution is 6.08. The van der Waals surface area contributed by atoms with Crippen molar-refractivity contribution in [3.8, 4) is 16.9 Å². The number of aryl methyl sites for hydroxylation is 3. The Morgan fingerprint density at radius 2 is 1.49 bits per heavy atom. The number of carbonyl (C=O) groups is 2. The first-order valence-electron chi connectivity index (χ1n) is 17.6. The molecule has 2 N–H and O–H groups in total. The predicted molar refractivity (Wildman–Crippen MR) is 194 cm³/mol. The molecule has 2 heterocycles. The summed E-state index contributed by atoms with van der Waals surface area (Å²) >= 11 is 0. The molecular formula is C41H38F7N5O2. The molecule has 0 radical (unpaired) electrons. The van der Waals surface area contributed by atoms with E-state index in [1.165, 1.54) is 18.2 Å². The van der Waals surface area contributed by atoms with Crippen molar-refractivity contribution in [2.75, 3.05) is 5.32 Å². The molecule has 1 aliphatic rings. The van der Waals surface area contributed by atoms with E-state index in [-0.39, 0.29) is 41.5 Å². The van der Waals surface area contributed by atoms with Crippen molar-refractivity contribution in [2.24, 2.45) is 0 Å². The molecule has 0 aliphatic carbocycles. The fourth-order valence-corrected chi connectivity index (χ4v) is 7.09. The summed E-state index contributed by atoms with van der Waals surface area (Å²) in [4.78, 5) is 27.0. The minimum absolute atomic E-state index is 0.00573. The van der Waals surface area contributed by atoms with Gasteiger partial charge >= 0.3 is 18.4 Å². The number of hydrogen-bond acceptors (Lipinski definition) is 4. The molecule has 0 unspecified atom stereocenters. The van der Waals surface area contributed by atoms with Gasteiger partial charge in [-0.1, -0.05) is 56.3 Å². The Labute approximate surface area is 313 Å². The number of fused-ring (bicyclic) bond motifs is 1. The Morgan fingerprint density at radius 3 is 2.09 bits per heavy atom. The average Bonchev–Trinajstić information content (AvgIpc) is 3.61. The number of carbonyl (C=O) groups excluding carboxylic acids is 2. The zero-order valence-corrected chi connectivity index (χ0v) is 30.6. The van der Waals surface area contributed by atoms with Crippen LogP contribution in [0.3, 0.4) is 0 Å². The lowest BCUT2D eigenvalue weighted by Crippen LogP contribution is -2.36. The maximum Gasteiger partial charge on any atom is 0.416 e. The quantitative estimate of drug-likeness (QED) is 0.154. The number of amides is 3. The molecule has 1 aliphatic heterocycles. The molecule has 0 fully saturated rings. The van der Waals surface area contributed by atoms with Gasteiger partial charge in [-0.05, 0) is 92.3 Å². The molecule has 7 nitrogen and oxygen atoms in total. The number of nitrogens with one attached hydrogen (secondary N) is 2. The molecule has 3 amide bonds. The number of anilines is 1. The van der Waals surface area contributed by atoms with Gasteiger partial charge < -0.3 is 5.32 Å². The summed E-state index contributed by atoms with van der Waals surface area (Å²) in [6, 6.07) is 17.3. The first kappa shape index (κ1) is 39.2. The zero-order valence-electron chi connectivity index (χ0n) is 30.6. The highest BCUT2D eigenvalue weighted by Crippen LogP contribution is 2.47. The summed E-state index contributed by atoms with van der Waals surface area (Å²) in [5, 5.41) is 9.80. The predicted octanol–water partition coefficient (Wildman–Crippen LogP) is 10.4. The summed E-state index contributed by atoms with van der Waals surface area (Å²) < 4.78 is 101. The van der Waals surface area contributed by atoms with Gasteiger partial charge in [0.2, 0.25) is 0 Å². The normalized spacial score (nSPS) is 14.2. The lowest BCUT2D eigenvalue weighted by atomic mass is 9.96. The van der Waals surface area contributed by atoms with Crippen molar-refractivity contribution in [2.45, 2.75) is 78.4 Å². The number of alkyl halides is 6. The van der Waals surface area contributed by atoms with Gasteiger partial charge in [0, 0.05) is 35.5 Å². The fraction of sp³-hybridized carbons (Fsp3) is 0.293. The van der Waals surface area contributed by atoms with Crippen molar-refractivity contribution in [3.63, 3.8) is 0 Å². The van der Waals surface area contributed by atoms with Gasteiger partial charge in [-0.25, -0.2) is 13.9 Å². The monoisotopic (exact) mass is 765 g/mol. The molecule has 0 atom stereocenters. The van der Waals surface area contributed by atoms with E-state index in [0.717, 1.165) is 28.9 Å². The average molecular weight is 766 g/mol. The van der Waals surface area contributed by atoms with Gasteiger partial charge in [0.25, 0.3) is 5.91 Å². The third-order valence-electron chi connectivity index (χ3n) is 10.1. The molecule has 0 saturated heterocycles. The number of aromatic nitrogens is 2. The second-order valence-corrected chi connectivity index (χ2v) is 13.9. The SMILES string of the molecule is CCc1cccc(CC)c1-n1nc2c(c1-c1cc(C)c(NC(=O)NC(=O)c3ccccc3)cc1F)CN(Cc1ccc(C(F)(F)F)cc1C(F)(F)F)C2(C)C. The van der Waals surface area contributed by atoms with Crippen LogP contribution in [0.25, 0.3) is 16.9 Å². The lowest BCUT2D eigenvalue weighted by Gasteiger charge is -2.33. The van der Waals surface area contributed by atoms with Crippen LogP contribution in [0.4, 0.5) is 41.2 Å². The number of hydrogen-bond donors (Lipinski definition) is 2. The Morgan fingerprint density at radius 1 is 0.836 bits per heavy atom. The highest BCUT2D eigenvalue weighted by Gasteiger charge is 2.45. The number of nitrogens with zero attached hydrogens (tertiary/aromatic N) is 3. The molecule has 288 valence electrons. The molecule has 55 heavy (non-hydrogen) atoms. The van der Waals surface area contributed by atoms with E-state index in [2.05, 4.69) is 10.6 Å². The van der Waals surface area contributed by atoms with Crippen LogP contribution in [0.5, 0.6) is 0 Å². The topological polar surface area (TPSA) is 79.3 Å². The Kier molecular flexibility index (Phi) is 10.4. The van der Waals surface area contributed by atoms with E-state index in [1.807, 2.05) is 32.0 Å². The van der Waals surface area contributed by atoms with Crippen LogP contribution < -0.4 is 10.6 Å². The van der Waals surface area contributed by atoms with Gasteiger partial charge in [0.15, 0.2) is 0 Å². The molecule has 14 heteroatoms. The third kappa shape index (κ3) is 7.60. The van der Waals surface area contributed by atoms with Crippen molar-refractivity contribution in [1.29, 1.82) is 0 Å². The van der Waals surface area contributed by atoms with Crippen LogP contribution in [0.2, 0.25) is 0 Å². The van der Waals surface area contributed by atoms with E-state index >= 15 is 4.39 Å². The standard InChI is InChI=1S/C41H38F7N5O2/c1-6-24-14-11-15-25(7-2)34(24)53-35(29-18-23(3)33(20-32(29)42)49-38(55)50-37(54)26-12-9-8-10-13-26)30-22-52(39(4,5)36(30)51-53)21-27-16-17-28(40(43,44)45)19-31(27)41(46,47)48/h8-20H,6-7,21-22H2,1-5H3,(H2,49,50,54,55). The number of imide groups is 1. The second-order valence-electron chi connectivity index (χ2n) is 13.9. The molecule has 0 bridgehead atoms. The van der Waals surface area contributed by atoms with Gasteiger partial charge in [-0.3, -0.25) is 15.0 Å². The Hall–Kier alpha value is -5.50. The first-order chi connectivity index (χ1) is 25.8. The van der Waals surface area contributed by atoms with Crippen LogP contribution in [-0.4, -0.2) is 26.6 Å². The van der Waals surface area contributed by atoms with E-state index in [9.17, 15) is 35.9 Å². The number of benzene rings is 4. The number of para-hydroxylation sites is 1. The van der Waals surface area contributed by atoms with E-state index in [0.29, 0.717) is 41.4 Å². The van der Waals surface area contributed by atoms with Crippen molar-refractivity contribution in [1.82, 2.24) is 20.0 Å². The number of rotatable bonds is 8. The largest absolute Gasteiger partial charge is 0.416 e. The third-order valence-corrected chi connectivity index (χ3v) is 10.1. The van der Waals surface area contributed by atoms with Crippen molar-refractivity contribution < 1.29 is 40.3 Å². The van der Waals surface area contributed by atoms with Crippen molar-refractivity contribution in [3.05, 3.63) is 135 Å². The molecule has 5 aromatic rings. The molecular weight excluding hydrogens is 727 g/mol. The second kappa shape index (κ2) is 14.6. The minimum atomic E-state index is -5.06. The maximum atomic E-state index is 16.5. The summed E-state index contributed by atoms with van der Waals surface area (Å²) in [7, 11) is 0. The Bertz CT molecular complexity index is 2260. The molecule has 0 saturated carbocycles. The zero-order chi connectivity index (χ0) is 40.0. The Balaban J connectivity index is 1.44. The molecule has 1 aromatic heterocycles. The van der Waals surface area contributed by atoms with Crippen LogP contribution in [-0.2, 0) is 43.8 Å². The lowest BCUT2D eigenvalue weighted by molar-refractivity contribution is -0.143. The van der Waals surface area contributed by atoms with Gasteiger partial charge in [-0.15, -0.1) is 0 Å². The summed E-state index contributed by atoms with van der Waals surface area (Å²) in [5.74, 6) is -1.40. The summed E-state index contributed by atoms with van der Waals surface area (Å²) in [5.41, 5.74) is 0.616. The van der Waals surface area contributed by atoms with E-state index < -0.39 is 46.8 Å². The smallest absolute Gasteiger partial charge is 0.307 e. The van der Waals surface area contributed by atoms with E-state index in [4.69, 9.17) is 5.10 Å². The van der Waals surface area contributed by atoms with Gasteiger partial charge in [-0.2, -0.15) is 31.4 Å². The minimum Gasteiger partial charge on any atom is -0.307 e. The van der Waals surface area contributed by atoms with Crippen LogP contribution in [0.15, 0.2) is 78.9 Å². The van der Waals surface area contributed by atoms with Crippen LogP contribution in [0.1, 0.15) is 82.7 Å².